The Bertz CT molecular complexity index is 637. The summed E-state index contributed by atoms with van der Waals surface area (Å²) in [6, 6.07) is 3.24. The predicted octanol–water partition coefficient (Wildman–Crippen LogP) is 2.47. The lowest BCUT2D eigenvalue weighted by molar-refractivity contribution is -0.0265. The molecule has 3 fully saturated rings. The van der Waals surface area contributed by atoms with Gasteiger partial charge >= 0.3 is 0 Å². The van der Waals surface area contributed by atoms with Crippen molar-refractivity contribution in [3.8, 4) is 5.88 Å². The Kier molecular flexibility index (Phi) is 3.81. The number of rotatable bonds is 7. The zero-order valence-corrected chi connectivity index (χ0v) is 13.4. The van der Waals surface area contributed by atoms with Crippen LogP contribution in [0.5, 0.6) is 5.88 Å². The maximum Gasteiger partial charge on any atom is 0.282 e. The Morgan fingerprint density at radius 2 is 1.96 bits per heavy atom. The quantitative estimate of drug-likeness (QED) is 0.830. The largest absolute Gasteiger partial charge is 0.476 e. The van der Waals surface area contributed by atoms with E-state index in [0.29, 0.717) is 30.7 Å². The number of carbonyl (C=O) groups is 1. The van der Waals surface area contributed by atoms with Crippen molar-refractivity contribution in [2.75, 3.05) is 31.1 Å². The number of hydrogen-bond acceptors (Lipinski definition) is 4. The molecular weight excluding hydrogens is 316 g/mol. The summed E-state index contributed by atoms with van der Waals surface area (Å²) < 4.78 is 32.0. The van der Waals surface area contributed by atoms with Crippen LogP contribution in [0.4, 0.5) is 14.5 Å². The van der Waals surface area contributed by atoms with Gasteiger partial charge in [0.1, 0.15) is 11.4 Å². The van der Waals surface area contributed by atoms with E-state index in [0.717, 1.165) is 25.7 Å². The second kappa shape index (κ2) is 5.86. The molecule has 0 radical (unpaired) electrons. The van der Waals surface area contributed by atoms with E-state index in [4.69, 9.17) is 4.74 Å². The van der Waals surface area contributed by atoms with E-state index in [1.165, 1.54) is 0 Å². The lowest BCUT2D eigenvalue weighted by Gasteiger charge is -2.40. The number of carbonyl (C=O) groups excluding carboxylic acids is 1. The molecule has 0 bridgehead atoms. The first-order chi connectivity index (χ1) is 11.5. The van der Waals surface area contributed by atoms with Gasteiger partial charge in [0.15, 0.2) is 0 Å². The molecule has 2 saturated carbocycles. The molecule has 1 N–H and O–H groups in total. The standard InChI is InChI=1S/C17H21F2N3O2/c18-17(19)9-22(10-17)14-6-5-13(15(23)20-7-11-1-2-11)21-16(14)24-8-12-3-4-12/h5-6,11-12H,1-4,7-10H2,(H,20,23). The zero-order chi connectivity index (χ0) is 16.7. The van der Waals surface area contributed by atoms with Crippen LogP contribution in [0.1, 0.15) is 36.2 Å². The van der Waals surface area contributed by atoms with Gasteiger partial charge in [0.2, 0.25) is 5.88 Å². The molecule has 0 aromatic carbocycles. The van der Waals surface area contributed by atoms with Gasteiger partial charge in [0.05, 0.1) is 19.7 Å². The van der Waals surface area contributed by atoms with Crippen molar-refractivity contribution < 1.29 is 18.3 Å². The third kappa shape index (κ3) is 3.60. The molecule has 130 valence electrons. The molecule has 4 rings (SSSR count). The van der Waals surface area contributed by atoms with Gasteiger partial charge in [-0.2, -0.15) is 0 Å². The highest BCUT2D eigenvalue weighted by Gasteiger charge is 2.45. The minimum absolute atomic E-state index is 0.237. The van der Waals surface area contributed by atoms with E-state index in [-0.39, 0.29) is 30.6 Å². The monoisotopic (exact) mass is 337 g/mol. The molecule has 1 saturated heterocycles. The maximum absolute atomic E-state index is 13.2. The first-order valence-electron chi connectivity index (χ1n) is 8.55. The van der Waals surface area contributed by atoms with Crippen LogP contribution in [-0.2, 0) is 0 Å². The van der Waals surface area contributed by atoms with Crippen molar-refractivity contribution in [3.05, 3.63) is 17.8 Å². The highest BCUT2D eigenvalue weighted by molar-refractivity contribution is 5.92. The molecule has 0 atom stereocenters. The summed E-state index contributed by atoms with van der Waals surface area (Å²) in [5.74, 6) is -1.50. The first kappa shape index (κ1) is 15.6. The Morgan fingerprint density at radius 3 is 2.58 bits per heavy atom. The molecule has 1 amide bonds. The Balaban J connectivity index is 1.48. The van der Waals surface area contributed by atoms with E-state index in [1.807, 2.05) is 0 Å². The molecule has 2 aliphatic carbocycles. The van der Waals surface area contributed by atoms with E-state index < -0.39 is 5.92 Å². The van der Waals surface area contributed by atoms with E-state index in [9.17, 15) is 13.6 Å². The third-order valence-electron chi connectivity index (χ3n) is 4.66. The van der Waals surface area contributed by atoms with E-state index >= 15 is 0 Å². The SMILES string of the molecule is O=C(NCC1CC1)c1ccc(N2CC(F)(F)C2)c(OCC2CC2)n1. The van der Waals surface area contributed by atoms with Crippen LogP contribution < -0.4 is 15.0 Å². The second-order valence-electron chi connectivity index (χ2n) is 7.14. The van der Waals surface area contributed by atoms with Crippen LogP contribution in [0.15, 0.2) is 12.1 Å². The molecule has 3 aliphatic rings. The Morgan fingerprint density at radius 1 is 1.25 bits per heavy atom. The molecule has 5 nitrogen and oxygen atoms in total. The summed E-state index contributed by atoms with van der Waals surface area (Å²) in [6.07, 6.45) is 4.56. The number of halogens is 2. The molecule has 1 aromatic rings. The topological polar surface area (TPSA) is 54.5 Å². The number of anilines is 1. The van der Waals surface area contributed by atoms with Gasteiger partial charge in [-0.3, -0.25) is 4.79 Å². The molecule has 7 heteroatoms. The average molecular weight is 337 g/mol. The van der Waals surface area contributed by atoms with Crippen LogP contribution in [0.2, 0.25) is 0 Å². The summed E-state index contributed by atoms with van der Waals surface area (Å²) in [5.41, 5.74) is 0.817. The number of ether oxygens (including phenoxy) is 1. The number of nitrogens with zero attached hydrogens (tertiary/aromatic N) is 2. The number of hydrogen-bond donors (Lipinski definition) is 1. The highest BCUT2D eigenvalue weighted by Crippen LogP contribution is 2.38. The predicted molar refractivity (Wildman–Crippen MR) is 84.7 cm³/mol. The van der Waals surface area contributed by atoms with Crippen LogP contribution in [-0.4, -0.2) is 43.1 Å². The summed E-state index contributed by atoms with van der Waals surface area (Å²) in [7, 11) is 0. The number of amides is 1. The van der Waals surface area contributed by atoms with Crippen molar-refractivity contribution in [3.63, 3.8) is 0 Å². The van der Waals surface area contributed by atoms with Crippen molar-refractivity contribution in [2.45, 2.75) is 31.6 Å². The fourth-order valence-corrected chi connectivity index (χ4v) is 2.72. The zero-order valence-electron chi connectivity index (χ0n) is 13.4. The van der Waals surface area contributed by atoms with Gasteiger partial charge in [-0.25, -0.2) is 13.8 Å². The van der Waals surface area contributed by atoms with Crippen LogP contribution in [0.3, 0.4) is 0 Å². The lowest BCUT2D eigenvalue weighted by atomic mass is 10.1. The minimum atomic E-state index is -2.66. The van der Waals surface area contributed by atoms with Crippen LogP contribution in [0.25, 0.3) is 0 Å². The first-order valence-corrected chi connectivity index (χ1v) is 8.55. The van der Waals surface area contributed by atoms with Crippen LogP contribution >= 0.6 is 0 Å². The second-order valence-corrected chi connectivity index (χ2v) is 7.14. The average Bonchev–Trinajstić information content (AvgIpc) is 3.42. The van der Waals surface area contributed by atoms with Crippen molar-refractivity contribution >= 4 is 11.6 Å². The molecular formula is C17H21F2N3O2. The molecule has 1 aromatic heterocycles. The van der Waals surface area contributed by atoms with E-state index in [2.05, 4.69) is 10.3 Å². The molecule has 24 heavy (non-hydrogen) atoms. The normalized spacial score (nSPS) is 22.0. The molecule has 0 unspecified atom stereocenters. The smallest absolute Gasteiger partial charge is 0.282 e. The fourth-order valence-electron chi connectivity index (χ4n) is 2.72. The number of alkyl halides is 2. The third-order valence-corrected chi connectivity index (χ3v) is 4.66. The van der Waals surface area contributed by atoms with Gasteiger partial charge in [-0.1, -0.05) is 0 Å². The van der Waals surface area contributed by atoms with Crippen molar-refractivity contribution in [1.29, 1.82) is 0 Å². The maximum atomic E-state index is 13.2. The summed E-state index contributed by atoms with van der Waals surface area (Å²) >= 11 is 0. The van der Waals surface area contributed by atoms with Gasteiger partial charge in [0.25, 0.3) is 11.8 Å². The van der Waals surface area contributed by atoms with Crippen LogP contribution in [0, 0.1) is 11.8 Å². The van der Waals surface area contributed by atoms with E-state index in [1.54, 1.807) is 17.0 Å². The highest BCUT2D eigenvalue weighted by atomic mass is 19.3. The number of nitrogens with one attached hydrogen (secondary N) is 1. The Hall–Kier alpha value is -1.92. The molecule has 2 heterocycles. The van der Waals surface area contributed by atoms with Gasteiger partial charge in [-0.05, 0) is 49.7 Å². The molecule has 1 aliphatic heterocycles. The number of aromatic nitrogens is 1. The summed E-state index contributed by atoms with van der Waals surface area (Å²) in [5, 5.41) is 2.86. The van der Waals surface area contributed by atoms with Crippen molar-refractivity contribution in [1.82, 2.24) is 10.3 Å². The Labute approximate surface area is 139 Å². The summed E-state index contributed by atoms with van der Waals surface area (Å²) in [6.45, 7) is 0.527. The van der Waals surface area contributed by atoms with Gasteiger partial charge < -0.3 is 15.0 Å². The summed E-state index contributed by atoms with van der Waals surface area (Å²) in [4.78, 5) is 18.0. The van der Waals surface area contributed by atoms with Gasteiger partial charge in [0, 0.05) is 6.54 Å². The number of pyridine rings is 1. The van der Waals surface area contributed by atoms with Crippen molar-refractivity contribution in [2.24, 2.45) is 11.8 Å². The fraction of sp³-hybridized carbons (Fsp3) is 0.647. The molecule has 0 spiro atoms. The lowest BCUT2D eigenvalue weighted by Crippen LogP contribution is -2.56. The minimum Gasteiger partial charge on any atom is -0.476 e. The van der Waals surface area contributed by atoms with Gasteiger partial charge in [-0.15, -0.1) is 0 Å².